The van der Waals surface area contributed by atoms with E-state index in [0.29, 0.717) is 15.7 Å². The van der Waals surface area contributed by atoms with Gasteiger partial charge in [0.2, 0.25) is 0 Å². The highest BCUT2D eigenvalue weighted by Crippen LogP contribution is 2.34. The van der Waals surface area contributed by atoms with Gasteiger partial charge < -0.3 is 9.30 Å². The van der Waals surface area contributed by atoms with E-state index in [0.717, 1.165) is 34.4 Å². The van der Waals surface area contributed by atoms with Crippen LogP contribution in [0.2, 0.25) is 5.02 Å². The Hall–Kier alpha value is -3.48. The number of hydrogen-bond donors (Lipinski definition) is 0. The lowest BCUT2D eigenvalue weighted by Gasteiger charge is -2.13. The van der Waals surface area contributed by atoms with Crippen molar-refractivity contribution >= 4 is 51.4 Å². The maximum Gasteiger partial charge on any atom is 0.293 e. The predicted octanol–water partition coefficient (Wildman–Crippen LogP) is 7.02. The van der Waals surface area contributed by atoms with Crippen molar-refractivity contribution in [2.24, 2.45) is 0 Å². The molecule has 3 aromatic carbocycles. The summed E-state index contributed by atoms with van der Waals surface area (Å²) >= 11 is 6.85. The molecule has 4 aromatic rings. The molecule has 1 aromatic heterocycles. The van der Waals surface area contributed by atoms with Crippen LogP contribution >= 0.6 is 23.4 Å². The number of aromatic nitrogens is 1. The van der Waals surface area contributed by atoms with Crippen LogP contribution in [-0.2, 0) is 4.79 Å². The van der Waals surface area contributed by atoms with E-state index in [4.69, 9.17) is 16.3 Å². The molecular formula is C28H23ClN2O3S. The van der Waals surface area contributed by atoms with Crippen LogP contribution < -0.4 is 4.74 Å². The first-order valence-corrected chi connectivity index (χ1v) is 12.4. The minimum absolute atomic E-state index is 0.181. The van der Waals surface area contributed by atoms with Gasteiger partial charge in [-0.25, -0.2) is 0 Å². The number of carbonyl (C=O) groups is 2. The summed E-state index contributed by atoms with van der Waals surface area (Å²) in [5, 5.41) is 2.69. The van der Waals surface area contributed by atoms with E-state index < -0.39 is 0 Å². The molecule has 0 radical (unpaired) electrons. The molecule has 0 bridgehead atoms. The molecule has 5 nitrogen and oxygen atoms in total. The summed E-state index contributed by atoms with van der Waals surface area (Å²) in [6.07, 6.45) is 1.81. The van der Waals surface area contributed by atoms with Crippen molar-refractivity contribution in [1.82, 2.24) is 9.47 Å². The Morgan fingerprint density at radius 3 is 2.46 bits per heavy atom. The number of halogens is 1. The maximum atomic E-state index is 13.0. The van der Waals surface area contributed by atoms with Crippen LogP contribution in [0.15, 0.2) is 77.7 Å². The van der Waals surface area contributed by atoms with Crippen LogP contribution in [0.25, 0.3) is 22.5 Å². The largest absolute Gasteiger partial charge is 0.492 e. The third-order valence-electron chi connectivity index (χ3n) is 6.02. The fourth-order valence-corrected chi connectivity index (χ4v) is 5.25. The second kappa shape index (κ2) is 9.64. The zero-order chi connectivity index (χ0) is 24.5. The number of rotatable bonds is 6. The molecule has 0 unspecified atom stereocenters. The van der Waals surface area contributed by atoms with Gasteiger partial charge >= 0.3 is 0 Å². The number of aryl methyl sites for hydroxylation is 1. The molecule has 1 aliphatic heterocycles. The summed E-state index contributed by atoms with van der Waals surface area (Å²) in [5.41, 5.74) is 4.04. The lowest BCUT2D eigenvalue weighted by Crippen LogP contribution is -2.32. The first-order valence-electron chi connectivity index (χ1n) is 11.2. The molecule has 1 fully saturated rings. The van der Waals surface area contributed by atoms with Gasteiger partial charge in [0, 0.05) is 22.1 Å². The van der Waals surface area contributed by atoms with Gasteiger partial charge in [-0.05, 0) is 90.5 Å². The molecule has 176 valence electrons. The number of carbonyl (C=O) groups excluding carboxylic acids is 2. The fourth-order valence-electron chi connectivity index (χ4n) is 4.27. The molecular weight excluding hydrogens is 480 g/mol. The number of benzene rings is 3. The third kappa shape index (κ3) is 4.72. The minimum Gasteiger partial charge on any atom is -0.492 e. The Bertz CT molecular complexity index is 1470. The van der Waals surface area contributed by atoms with Crippen molar-refractivity contribution in [2.75, 3.05) is 13.2 Å². The molecule has 0 atom stereocenters. The van der Waals surface area contributed by atoms with E-state index >= 15 is 0 Å². The molecule has 0 saturated carbocycles. The van der Waals surface area contributed by atoms with Crippen LogP contribution in [0, 0.1) is 13.8 Å². The second-order valence-corrected chi connectivity index (χ2v) is 9.76. The molecule has 1 aliphatic rings. The zero-order valence-electron chi connectivity index (χ0n) is 19.3. The van der Waals surface area contributed by atoms with Crippen molar-refractivity contribution in [3.63, 3.8) is 0 Å². The van der Waals surface area contributed by atoms with Gasteiger partial charge in [-0.3, -0.25) is 14.5 Å². The van der Waals surface area contributed by atoms with E-state index in [9.17, 15) is 9.59 Å². The fraction of sp³-hybridized carbons (Fsp3) is 0.143. The van der Waals surface area contributed by atoms with Crippen molar-refractivity contribution in [3.8, 4) is 11.4 Å². The molecule has 0 spiro atoms. The number of amides is 2. The topological polar surface area (TPSA) is 51.5 Å². The van der Waals surface area contributed by atoms with Crippen LogP contribution in [0.4, 0.5) is 4.79 Å². The van der Waals surface area contributed by atoms with Crippen LogP contribution in [0.5, 0.6) is 5.75 Å². The van der Waals surface area contributed by atoms with Crippen molar-refractivity contribution in [2.45, 2.75) is 13.8 Å². The first-order chi connectivity index (χ1) is 16.9. The Balaban J connectivity index is 1.34. The smallest absolute Gasteiger partial charge is 0.293 e. The van der Waals surface area contributed by atoms with Gasteiger partial charge in [0.1, 0.15) is 12.4 Å². The standard InChI is InChI=1S/C28H23ClN2O3S/c1-18-15-22(19(2)31(18)24-10-7-20-5-3-4-6-21(20)16-24)17-26-27(32)30(28(33)35-26)13-14-34-25-11-8-23(29)9-12-25/h3-12,15-17H,13-14H2,1-2H3/b26-17-. The Kier molecular flexibility index (Phi) is 6.41. The lowest BCUT2D eigenvalue weighted by molar-refractivity contribution is -0.123. The Morgan fingerprint density at radius 2 is 1.69 bits per heavy atom. The summed E-state index contributed by atoms with van der Waals surface area (Å²) in [6.45, 7) is 4.46. The summed E-state index contributed by atoms with van der Waals surface area (Å²) in [4.78, 5) is 27.1. The first kappa shape index (κ1) is 23.3. The molecule has 2 amide bonds. The maximum absolute atomic E-state index is 13.0. The number of thioether (sulfide) groups is 1. The van der Waals surface area contributed by atoms with Gasteiger partial charge in [0.15, 0.2) is 0 Å². The van der Waals surface area contributed by atoms with E-state index in [1.807, 2.05) is 38.1 Å². The summed E-state index contributed by atoms with van der Waals surface area (Å²) < 4.78 is 7.82. The normalized spacial score (nSPS) is 14.9. The van der Waals surface area contributed by atoms with Crippen LogP contribution in [0.1, 0.15) is 17.0 Å². The molecule has 7 heteroatoms. The molecule has 2 heterocycles. The average molecular weight is 503 g/mol. The van der Waals surface area contributed by atoms with E-state index in [-0.39, 0.29) is 24.3 Å². The Morgan fingerprint density at radius 1 is 0.943 bits per heavy atom. The minimum atomic E-state index is -0.296. The molecule has 1 saturated heterocycles. The molecule has 0 aliphatic carbocycles. The Labute approximate surface area is 212 Å². The monoisotopic (exact) mass is 502 g/mol. The van der Waals surface area contributed by atoms with E-state index in [2.05, 4.69) is 34.9 Å². The van der Waals surface area contributed by atoms with E-state index in [1.165, 1.54) is 15.7 Å². The number of fused-ring (bicyclic) bond motifs is 1. The quantitative estimate of drug-likeness (QED) is 0.266. The number of nitrogens with zero attached hydrogens (tertiary/aromatic N) is 2. The molecule has 35 heavy (non-hydrogen) atoms. The third-order valence-corrected chi connectivity index (χ3v) is 7.18. The van der Waals surface area contributed by atoms with Gasteiger partial charge in [-0.15, -0.1) is 0 Å². The SMILES string of the molecule is Cc1cc(/C=C2\SC(=O)N(CCOc3ccc(Cl)cc3)C2=O)c(C)n1-c1ccc2ccccc2c1. The number of ether oxygens (including phenoxy) is 1. The second-order valence-electron chi connectivity index (χ2n) is 8.33. The van der Waals surface area contributed by atoms with Crippen LogP contribution in [0.3, 0.4) is 0 Å². The molecule has 0 N–H and O–H groups in total. The highest BCUT2D eigenvalue weighted by Gasteiger charge is 2.35. The van der Waals surface area contributed by atoms with E-state index in [1.54, 1.807) is 24.3 Å². The van der Waals surface area contributed by atoms with Crippen molar-refractivity contribution in [3.05, 3.63) is 99.7 Å². The molecule has 5 rings (SSSR count). The van der Waals surface area contributed by atoms with Crippen molar-refractivity contribution < 1.29 is 14.3 Å². The summed E-state index contributed by atoms with van der Waals surface area (Å²) in [6, 6.07) is 23.6. The summed E-state index contributed by atoms with van der Waals surface area (Å²) in [5.74, 6) is 0.341. The average Bonchev–Trinajstić information content (AvgIpc) is 3.28. The predicted molar refractivity (Wildman–Crippen MR) is 142 cm³/mol. The lowest BCUT2D eigenvalue weighted by atomic mass is 10.1. The highest BCUT2D eigenvalue weighted by molar-refractivity contribution is 8.18. The van der Waals surface area contributed by atoms with Crippen LogP contribution in [-0.4, -0.2) is 33.8 Å². The number of imide groups is 1. The van der Waals surface area contributed by atoms with Crippen molar-refractivity contribution in [1.29, 1.82) is 0 Å². The number of hydrogen-bond acceptors (Lipinski definition) is 4. The van der Waals surface area contributed by atoms with Gasteiger partial charge in [-0.1, -0.05) is 41.9 Å². The highest BCUT2D eigenvalue weighted by atomic mass is 35.5. The van der Waals surface area contributed by atoms with Gasteiger partial charge in [0.25, 0.3) is 11.1 Å². The summed E-state index contributed by atoms with van der Waals surface area (Å²) in [7, 11) is 0. The van der Waals surface area contributed by atoms with Gasteiger partial charge in [0.05, 0.1) is 11.4 Å². The zero-order valence-corrected chi connectivity index (χ0v) is 20.9. The van der Waals surface area contributed by atoms with Gasteiger partial charge in [-0.2, -0.15) is 0 Å².